The lowest BCUT2D eigenvalue weighted by Gasteiger charge is -2.34. The maximum Gasteiger partial charge on any atom is 0.229 e. The lowest BCUT2D eigenvalue weighted by Crippen LogP contribution is -2.46. The summed E-state index contributed by atoms with van der Waals surface area (Å²) in [5.74, 6) is 1.12. The molecule has 2 aromatic heterocycles. The molecule has 0 unspecified atom stereocenters. The van der Waals surface area contributed by atoms with Gasteiger partial charge in [0.1, 0.15) is 10.8 Å². The SMILES string of the molecule is Cc1cc(Nc2nc(Nc3cc(C)c(C4CCN(CCS(=O)(=O)N5CCC5)CC4)cc3F)ncc2Cl)n[nH]1. The van der Waals surface area contributed by atoms with Crippen molar-refractivity contribution >= 4 is 44.9 Å². The molecule has 0 bridgehead atoms. The van der Waals surface area contributed by atoms with Crippen molar-refractivity contribution in [1.29, 1.82) is 0 Å². The molecule has 10 nitrogen and oxygen atoms in total. The second-order valence-corrected chi connectivity index (χ2v) is 12.4. The number of nitrogens with one attached hydrogen (secondary N) is 3. The van der Waals surface area contributed by atoms with Crippen molar-refractivity contribution in [2.45, 2.75) is 39.0 Å². The van der Waals surface area contributed by atoms with Crippen molar-refractivity contribution < 1.29 is 12.8 Å². The number of hydrogen-bond acceptors (Lipinski definition) is 8. The second kappa shape index (κ2) is 11.1. The van der Waals surface area contributed by atoms with Crippen LogP contribution in [0.5, 0.6) is 0 Å². The summed E-state index contributed by atoms with van der Waals surface area (Å²) >= 11 is 6.23. The molecule has 1 aromatic carbocycles. The summed E-state index contributed by atoms with van der Waals surface area (Å²) in [6, 6.07) is 5.18. The monoisotopic (exact) mass is 562 g/mol. The number of benzene rings is 1. The fourth-order valence-electron chi connectivity index (χ4n) is 4.88. The van der Waals surface area contributed by atoms with E-state index in [1.54, 1.807) is 16.4 Å². The Bertz CT molecular complexity index is 1400. The van der Waals surface area contributed by atoms with E-state index in [2.05, 4.69) is 35.7 Å². The number of piperidine rings is 1. The van der Waals surface area contributed by atoms with Crippen molar-refractivity contribution in [3.05, 3.63) is 52.1 Å². The van der Waals surface area contributed by atoms with Crippen LogP contribution in [0.15, 0.2) is 24.4 Å². The first kappa shape index (κ1) is 26.8. The Balaban J connectivity index is 1.21. The molecule has 3 aromatic rings. The van der Waals surface area contributed by atoms with Crippen LogP contribution in [-0.2, 0) is 10.0 Å². The van der Waals surface area contributed by atoms with E-state index in [1.165, 1.54) is 6.20 Å². The number of aromatic amines is 1. The van der Waals surface area contributed by atoms with Gasteiger partial charge in [-0.15, -0.1) is 0 Å². The zero-order chi connectivity index (χ0) is 26.9. The average molecular weight is 563 g/mol. The molecule has 0 radical (unpaired) electrons. The van der Waals surface area contributed by atoms with Crippen molar-refractivity contribution in [3.8, 4) is 0 Å². The number of sulfonamides is 1. The molecule has 0 amide bonds. The molecule has 5 rings (SSSR count). The number of rotatable bonds is 9. The van der Waals surface area contributed by atoms with E-state index < -0.39 is 10.0 Å². The third-order valence-electron chi connectivity index (χ3n) is 7.20. The van der Waals surface area contributed by atoms with Crippen LogP contribution in [-0.4, -0.2) is 76.3 Å². The third-order valence-corrected chi connectivity index (χ3v) is 9.33. The van der Waals surface area contributed by atoms with Crippen LogP contribution in [0.4, 0.5) is 27.7 Å². The summed E-state index contributed by atoms with van der Waals surface area (Å²) in [4.78, 5) is 10.8. The maximum atomic E-state index is 15.2. The summed E-state index contributed by atoms with van der Waals surface area (Å²) < 4.78 is 41.4. The van der Waals surface area contributed by atoms with Gasteiger partial charge >= 0.3 is 0 Å². The second-order valence-electron chi connectivity index (χ2n) is 9.95. The Labute approximate surface area is 227 Å². The summed E-state index contributed by atoms with van der Waals surface area (Å²) in [6.07, 6.45) is 4.11. The zero-order valence-electron chi connectivity index (χ0n) is 21.5. The number of aromatic nitrogens is 4. The number of hydrogen-bond donors (Lipinski definition) is 3. The summed E-state index contributed by atoms with van der Waals surface area (Å²) in [5, 5.41) is 13.3. The van der Waals surface area contributed by atoms with Gasteiger partial charge in [0, 0.05) is 31.4 Å². The summed E-state index contributed by atoms with van der Waals surface area (Å²) in [6.45, 7) is 7.28. The average Bonchev–Trinajstić information content (AvgIpc) is 3.25. The molecule has 2 aliphatic heterocycles. The fraction of sp³-hybridized carbons (Fsp3) is 0.480. The van der Waals surface area contributed by atoms with Crippen molar-refractivity contribution in [1.82, 2.24) is 29.4 Å². The molecule has 3 N–H and O–H groups in total. The number of anilines is 4. The minimum atomic E-state index is -3.14. The minimum absolute atomic E-state index is 0.164. The first-order valence-corrected chi connectivity index (χ1v) is 14.8. The van der Waals surface area contributed by atoms with Gasteiger partial charge in [-0.25, -0.2) is 22.1 Å². The van der Waals surface area contributed by atoms with Crippen LogP contribution in [0, 0.1) is 19.7 Å². The van der Waals surface area contributed by atoms with Crippen molar-refractivity contribution in [2.75, 3.05) is 49.1 Å². The Morgan fingerprint density at radius 2 is 1.89 bits per heavy atom. The van der Waals surface area contributed by atoms with Gasteiger partial charge in [-0.2, -0.15) is 10.1 Å². The van der Waals surface area contributed by atoms with E-state index >= 15 is 4.39 Å². The number of nitrogens with zero attached hydrogens (tertiary/aromatic N) is 5. The summed E-state index contributed by atoms with van der Waals surface area (Å²) in [7, 11) is -3.14. The number of aryl methyl sites for hydroxylation is 2. The maximum absolute atomic E-state index is 15.2. The lowest BCUT2D eigenvalue weighted by atomic mass is 9.86. The number of likely N-dealkylation sites (tertiary alicyclic amines) is 1. The van der Waals surface area contributed by atoms with Crippen LogP contribution < -0.4 is 10.6 Å². The largest absolute Gasteiger partial charge is 0.322 e. The topological polar surface area (TPSA) is 119 Å². The zero-order valence-corrected chi connectivity index (χ0v) is 23.0. The van der Waals surface area contributed by atoms with Crippen LogP contribution in [0.25, 0.3) is 0 Å². The molecule has 0 aliphatic carbocycles. The molecule has 13 heteroatoms. The standard InChI is InChI=1S/C25H32ClFN8O2S/c1-16-12-22(29-25-28-15-20(26)24(31-25)30-23-13-17(2)32-33-23)21(27)14-19(16)18-4-8-34(9-5-18)10-11-38(36,37)35-6-3-7-35/h12-15,18H,3-11H2,1-2H3,(H3,28,29,30,31,32,33). The first-order valence-electron chi connectivity index (χ1n) is 12.8. The van der Waals surface area contributed by atoms with Gasteiger partial charge in [0.25, 0.3) is 0 Å². The quantitative estimate of drug-likeness (QED) is 0.353. The number of H-pyrrole nitrogens is 1. The number of halogens is 2. The van der Waals surface area contributed by atoms with Crippen LogP contribution in [0.3, 0.4) is 0 Å². The van der Waals surface area contributed by atoms with Crippen molar-refractivity contribution in [2.24, 2.45) is 0 Å². The van der Waals surface area contributed by atoms with Gasteiger partial charge in [0.15, 0.2) is 11.6 Å². The molecule has 0 atom stereocenters. The van der Waals surface area contributed by atoms with E-state index in [1.807, 2.05) is 19.9 Å². The molecule has 2 aliphatic rings. The van der Waals surface area contributed by atoms with E-state index in [4.69, 9.17) is 11.6 Å². The van der Waals surface area contributed by atoms with Gasteiger partial charge < -0.3 is 15.5 Å². The Morgan fingerprint density at radius 3 is 2.55 bits per heavy atom. The predicted molar refractivity (Wildman–Crippen MR) is 146 cm³/mol. The smallest absolute Gasteiger partial charge is 0.229 e. The highest BCUT2D eigenvalue weighted by Crippen LogP contribution is 2.34. The van der Waals surface area contributed by atoms with Crippen molar-refractivity contribution in [3.63, 3.8) is 0 Å². The van der Waals surface area contributed by atoms with Crippen LogP contribution in [0.1, 0.15) is 42.0 Å². The van der Waals surface area contributed by atoms with E-state index in [0.29, 0.717) is 36.3 Å². The van der Waals surface area contributed by atoms with E-state index in [0.717, 1.165) is 49.2 Å². The Morgan fingerprint density at radius 1 is 1.13 bits per heavy atom. The van der Waals surface area contributed by atoms with Gasteiger partial charge in [-0.1, -0.05) is 11.6 Å². The molecule has 38 heavy (non-hydrogen) atoms. The molecular formula is C25H32ClFN8O2S. The molecule has 4 heterocycles. The highest BCUT2D eigenvalue weighted by molar-refractivity contribution is 7.89. The van der Waals surface area contributed by atoms with E-state index in [-0.39, 0.29) is 29.1 Å². The Hall–Kier alpha value is -2.80. The Kier molecular flexibility index (Phi) is 7.85. The highest BCUT2D eigenvalue weighted by atomic mass is 35.5. The molecular weight excluding hydrogens is 531 g/mol. The molecule has 0 saturated carbocycles. The third kappa shape index (κ3) is 6.09. The van der Waals surface area contributed by atoms with Gasteiger partial charge in [0.2, 0.25) is 16.0 Å². The molecule has 2 saturated heterocycles. The van der Waals surface area contributed by atoms with Gasteiger partial charge in [-0.3, -0.25) is 5.10 Å². The molecule has 204 valence electrons. The van der Waals surface area contributed by atoms with E-state index in [9.17, 15) is 8.42 Å². The van der Waals surface area contributed by atoms with Gasteiger partial charge in [-0.05, 0) is 75.4 Å². The molecule has 0 spiro atoms. The minimum Gasteiger partial charge on any atom is -0.322 e. The fourth-order valence-corrected chi connectivity index (χ4v) is 6.58. The lowest BCUT2D eigenvalue weighted by molar-refractivity contribution is 0.220. The van der Waals surface area contributed by atoms with Crippen LogP contribution in [0.2, 0.25) is 5.02 Å². The van der Waals surface area contributed by atoms with Gasteiger partial charge in [0.05, 0.1) is 17.6 Å². The summed E-state index contributed by atoms with van der Waals surface area (Å²) in [5.41, 5.74) is 3.12. The normalized spacial score (nSPS) is 17.4. The first-order chi connectivity index (χ1) is 18.2. The molecule has 2 fully saturated rings. The highest BCUT2D eigenvalue weighted by Gasteiger charge is 2.29. The van der Waals surface area contributed by atoms with Crippen LogP contribution >= 0.6 is 11.6 Å². The predicted octanol–water partition coefficient (Wildman–Crippen LogP) is 4.31.